The Balaban J connectivity index is 1.69. The first kappa shape index (κ1) is 26.7. The molecule has 1 aliphatic rings. The van der Waals surface area contributed by atoms with E-state index in [9.17, 15) is 0 Å². The fraction of sp³-hybridized carbons (Fsp3) is 0.625. The minimum Gasteiger partial charge on any atom is -0.454 e. The predicted molar refractivity (Wildman–Crippen MR) is 137 cm³/mol. The van der Waals surface area contributed by atoms with E-state index in [1.54, 1.807) is 0 Å². The summed E-state index contributed by atoms with van der Waals surface area (Å²) < 4.78 is 21.8. The lowest BCUT2D eigenvalue weighted by Crippen LogP contribution is -2.28. The van der Waals surface area contributed by atoms with Crippen LogP contribution in [0.4, 0.5) is 23.5 Å². The van der Waals surface area contributed by atoms with Crippen LogP contribution in [0.5, 0.6) is 11.5 Å². The third-order valence-electron chi connectivity index (χ3n) is 5.26. The van der Waals surface area contributed by atoms with Crippen molar-refractivity contribution in [1.29, 1.82) is 0 Å². The van der Waals surface area contributed by atoms with E-state index in [-0.39, 0.29) is 6.79 Å². The summed E-state index contributed by atoms with van der Waals surface area (Å²) in [6.07, 6.45) is 4.35. The lowest BCUT2D eigenvalue weighted by atomic mass is 10.3. The maximum atomic E-state index is 5.60. The van der Waals surface area contributed by atoms with Crippen LogP contribution in [-0.4, -0.2) is 74.4 Å². The Morgan fingerprint density at radius 1 is 0.914 bits per heavy atom. The van der Waals surface area contributed by atoms with E-state index in [0.29, 0.717) is 63.1 Å². The molecule has 11 nitrogen and oxygen atoms in total. The number of nitrogens with zero attached hydrogens (tertiary/aromatic N) is 4. The fourth-order valence-electron chi connectivity index (χ4n) is 3.39. The standard InChI is InChI=1S/C24H39N7O4/c1-3-5-11-31(12-6-4-2)24-29-22(26-10-14-33-16-15-32-13-9-25)28-23(30-24)27-19-7-8-20-21(17-19)35-18-34-20/h7-8,17H,3-6,9-16,18,25H2,1-2H3,(H2,26,27,28,29,30). The number of benzene rings is 1. The summed E-state index contributed by atoms with van der Waals surface area (Å²) in [5.41, 5.74) is 6.22. The van der Waals surface area contributed by atoms with Gasteiger partial charge in [0.1, 0.15) is 0 Å². The van der Waals surface area contributed by atoms with Crippen LogP contribution in [0, 0.1) is 0 Å². The average Bonchev–Trinajstić information content (AvgIpc) is 3.33. The molecule has 1 aromatic carbocycles. The molecular formula is C24H39N7O4. The monoisotopic (exact) mass is 489 g/mol. The van der Waals surface area contributed by atoms with Gasteiger partial charge in [-0.2, -0.15) is 15.0 Å². The van der Waals surface area contributed by atoms with Crippen molar-refractivity contribution in [1.82, 2.24) is 15.0 Å². The van der Waals surface area contributed by atoms with Gasteiger partial charge >= 0.3 is 0 Å². The summed E-state index contributed by atoms with van der Waals surface area (Å²) in [4.78, 5) is 16.3. The van der Waals surface area contributed by atoms with Crippen LogP contribution in [0.2, 0.25) is 0 Å². The highest BCUT2D eigenvalue weighted by Crippen LogP contribution is 2.35. The second-order valence-corrected chi connectivity index (χ2v) is 8.11. The number of unbranched alkanes of at least 4 members (excludes halogenated alkanes) is 2. The number of anilines is 4. The first-order chi connectivity index (χ1) is 17.2. The van der Waals surface area contributed by atoms with Gasteiger partial charge in [0.2, 0.25) is 24.6 Å². The van der Waals surface area contributed by atoms with Crippen LogP contribution in [0.3, 0.4) is 0 Å². The van der Waals surface area contributed by atoms with Gasteiger partial charge in [-0.05, 0) is 25.0 Å². The van der Waals surface area contributed by atoms with E-state index in [0.717, 1.165) is 50.2 Å². The van der Waals surface area contributed by atoms with Crippen LogP contribution < -0.4 is 30.7 Å². The molecule has 194 valence electrons. The number of rotatable bonds is 18. The number of hydrogen-bond acceptors (Lipinski definition) is 11. The van der Waals surface area contributed by atoms with E-state index in [1.807, 2.05) is 18.2 Å². The maximum Gasteiger partial charge on any atom is 0.233 e. The molecule has 4 N–H and O–H groups in total. The molecule has 2 aromatic rings. The van der Waals surface area contributed by atoms with Gasteiger partial charge in [0.15, 0.2) is 11.5 Å². The summed E-state index contributed by atoms with van der Waals surface area (Å²) in [5.74, 6) is 3.05. The summed E-state index contributed by atoms with van der Waals surface area (Å²) in [6, 6.07) is 5.66. The Hall–Kier alpha value is -2.89. The Kier molecular flexibility index (Phi) is 11.6. The summed E-state index contributed by atoms with van der Waals surface area (Å²) in [6.45, 7) is 9.57. The smallest absolute Gasteiger partial charge is 0.233 e. The minimum absolute atomic E-state index is 0.230. The Bertz CT molecular complexity index is 879. The fourth-order valence-corrected chi connectivity index (χ4v) is 3.39. The second-order valence-electron chi connectivity index (χ2n) is 8.11. The van der Waals surface area contributed by atoms with Crippen molar-refractivity contribution < 1.29 is 18.9 Å². The predicted octanol–water partition coefficient (Wildman–Crippen LogP) is 3.15. The molecule has 0 radical (unpaired) electrons. The number of nitrogens with two attached hydrogens (primary N) is 1. The van der Waals surface area contributed by atoms with Crippen LogP contribution in [0.15, 0.2) is 18.2 Å². The normalized spacial score (nSPS) is 12.1. The highest BCUT2D eigenvalue weighted by atomic mass is 16.7. The highest BCUT2D eigenvalue weighted by Gasteiger charge is 2.16. The van der Waals surface area contributed by atoms with Crippen molar-refractivity contribution in [3.05, 3.63) is 18.2 Å². The molecule has 0 spiro atoms. The first-order valence-electron chi connectivity index (χ1n) is 12.5. The molecule has 0 bridgehead atoms. The van der Waals surface area contributed by atoms with E-state index >= 15 is 0 Å². The van der Waals surface area contributed by atoms with E-state index in [1.165, 1.54) is 0 Å². The topological polar surface area (TPSA) is 129 Å². The molecule has 0 fully saturated rings. The van der Waals surface area contributed by atoms with Gasteiger partial charge in [0.25, 0.3) is 0 Å². The molecule has 35 heavy (non-hydrogen) atoms. The molecule has 0 aliphatic carbocycles. The van der Waals surface area contributed by atoms with Gasteiger partial charge in [0, 0.05) is 37.9 Å². The second kappa shape index (κ2) is 15.2. The van der Waals surface area contributed by atoms with Crippen LogP contribution >= 0.6 is 0 Å². The molecule has 3 rings (SSSR count). The van der Waals surface area contributed by atoms with Gasteiger partial charge in [-0.25, -0.2) is 0 Å². The summed E-state index contributed by atoms with van der Waals surface area (Å²) in [7, 11) is 0. The van der Waals surface area contributed by atoms with Crippen molar-refractivity contribution in [3.63, 3.8) is 0 Å². The van der Waals surface area contributed by atoms with Gasteiger partial charge in [-0.1, -0.05) is 26.7 Å². The number of nitrogens with one attached hydrogen (secondary N) is 2. The number of aromatic nitrogens is 3. The van der Waals surface area contributed by atoms with E-state index in [4.69, 9.17) is 34.6 Å². The van der Waals surface area contributed by atoms with Crippen molar-refractivity contribution >= 4 is 23.5 Å². The lowest BCUT2D eigenvalue weighted by molar-refractivity contribution is 0.0547. The molecule has 0 amide bonds. The Morgan fingerprint density at radius 2 is 1.63 bits per heavy atom. The first-order valence-corrected chi connectivity index (χ1v) is 12.5. The zero-order chi connectivity index (χ0) is 24.7. The van der Waals surface area contributed by atoms with Crippen molar-refractivity contribution in [2.24, 2.45) is 5.73 Å². The quantitative estimate of drug-likeness (QED) is 0.267. The molecule has 0 unspecified atom stereocenters. The maximum absolute atomic E-state index is 5.60. The van der Waals surface area contributed by atoms with E-state index in [2.05, 4.69) is 34.4 Å². The molecule has 0 saturated heterocycles. The van der Waals surface area contributed by atoms with Crippen molar-refractivity contribution in [2.75, 3.05) is 74.9 Å². The highest BCUT2D eigenvalue weighted by molar-refractivity contribution is 5.61. The largest absolute Gasteiger partial charge is 0.454 e. The Morgan fingerprint density at radius 3 is 2.37 bits per heavy atom. The van der Waals surface area contributed by atoms with Gasteiger partial charge in [-0.3, -0.25) is 0 Å². The van der Waals surface area contributed by atoms with Crippen molar-refractivity contribution in [3.8, 4) is 11.5 Å². The van der Waals surface area contributed by atoms with Gasteiger partial charge < -0.3 is 40.2 Å². The van der Waals surface area contributed by atoms with Gasteiger partial charge in [-0.15, -0.1) is 0 Å². The molecule has 11 heteroatoms. The number of hydrogen-bond donors (Lipinski definition) is 3. The molecule has 0 saturated carbocycles. The lowest BCUT2D eigenvalue weighted by Gasteiger charge is -2.23. The minimum atomic E-state index is 0.230. The van der Waals surface area contributed by atoms with Crippen molar-refractivity contribution in [2.45, 2.75) is 39.5 Å². The zero-order valence-corrected chi connectivity index (χ0v) is 20.9. The average molecular weight is 490 g/mol. The molecule has 1 aliphatic heterocycles. The zero-order valence-electron chi connectivity index (χ0n) is 20.9. The number of ether oxygens (including phenoxy) is 4. The molecule has 1 aromatic heterocycles. The van der Waals surface area contributed by atoms with Crippen LogP contribution in [-0.2, 0) is 9.47 Å². The van der Waals surface area contributed by atoms with E-state index < -0.39 is 0 Å². The molecule has 0 atom stereocenters. The third kappa shape index (κ3) is 9.00. The van der Waals surface area contributed by atoms with Crippen LogP contribution in [0.1, 0.15) is 39.5 Å². The SMILES string of the molecule is CCCCN(CCCC)c1nc(NCCOCCOCCN)nc(Nc2ccc3c(c2)OCO3)n1. The molecular weight excluding hydrogens is 450 g/mol. The van der Waals surface area contributed by atoms with Crippen LogP contribution in [0.25, 0.3) is 0 Å². The summed E-state index contributed by atoms with van der Waals surface area (Å²) in [5, 5.41) is 6.55. The number of fused-ring (bicyclic) bond motifs is 1. The van der Waals surface area contributed by atoms with Gasteiger partial charge in [0.05, 0.1) is 26.4 Å². The molecule has 2 heterocycles. The third-order valence-corrected chi connectivity index (χ3v) is 5.26. The summed E-state index contributed by atoms with van der Waals surface area (Å²) >= 11 is 0. The Labute approximate surface area is 207 Å².